The first-order chi connectivity index (χ1) is 14.3. The Morgan fingerprint density at radius 1 is 1.10 bits per heavy atom. The zero-order valence-corrected chi connectivity index (χ0v) is 18.9. The molecule has 30 heavy (non-hydrogen) atoms. The van der Waals surface area contributed by atoms with Gasteiger partial charge in [0.25, 0.3) is 0 Å². The first kappa shape index (κ1) is 22.5. The van der Waals surface area contributed by atoms with Crippen LogP contribution in [-0.4, -0.2) is 51.1 Å². The summed E-state index contributed by atoms with van der Waals surface area (Å²) >= 11 is 6.13. The van der Waals surface area contributed by atoms with Crippen LogP contribution in [0.25, 0.3) is 0 Å². The van der Waals surface area contributed by atoms with E-state index in [1.807, 2.05) is 26.8 Å². The van der Waals surface area contributed by atoms with Gasteiger partial charge in [0.1, 0.15) is 17.1 Å². The number of carbonyl (C=O) groups excluding carboxylic acids is 1. The monoisotopic (exact) mass is 430 g/mol. The van der Waals surface area contributed by atoms with Gasteiger partial charge in [0, 0.05) is 44.7 Å². The minimum Gasteiger partial charge on any atom is -0.444 e. The van der Waals surface area contributed by atoms with Crippen LogP contribution in [0.15, 0.2) is 36.7 Å². The van der Waals surface area contributed by atoms with Gasteiger partial charge >= 0.3 is 6.09 Å². The van der Waals surface area contributed by atoms with E-state index in [2.05, 4.69) is 39.1 Å². The Morgan fingerprint density at radius 2 is 1.80 bits per heavy atom. The molecule has 1 aromatic heterocycles. The number of likely N-dealkylation sites (tertiary alicyclic amines) is 1. The summed E-state index contributed by atoms with van der Waals surface area (Å²) in [5.74, 6) is 0. The number of carbonyl (C=O) groups is 1. The van der Waals surface area contributed by atoms with Crippen LogP contribution < -0.4 is 0 Å². The summed E-state index contributed by atoms with van der Waals surface area (Å²) in [5.41, 5.74) is 3.15. The van der Waals surface area contributed by atoms with Crippen molar-refractivity contribution in [3.05, 3.63) is 58.6 Å². The van der Waals surface area contributed by atoms with Crippen LogP contribution >= 0.6 is 11.6 Å². The number of benzene rings is 1. The number of rotatable bonds is 2. The highest BCUT2D eigenvalue weighted by Crippen LogP contribution is 2.23. The quantitative estimate of drug-likeness (QED) is 0.646. The fourth-order valence-corrected chi connectivity index (χ4v) is 3.78. The number of amides is 1. The van der Waals surface area contributed by atoms with E-state index in [-0.39, 0.29) is 11.7 Å². The molecule has 4 rings (SSSR count). The Balaban J connectivity index is 0.000000187. The van der Waals surface area contributed by atoms with Crippen molar-refractivity contribution in [1.82, 2.24) is 19.8 Å². The summed E-state index contributed by atoms with van der Waals surface area (Å²) in [6.07, 6.45) is 4.55. The van der Waals surface area contributed by atoms with Crippen LogP contribution in [0.3, 0.4) is 0 Å². The molecule has 3 heterocycles. The van der Waals surface area contributed by atoms with Crippen LogP contribution in [0.4, 0.5) is 4.79 Å². The zero-order chi connectivity index (χ0) is 21.6. The van der Waals surface area contributed by atoms with Crippen LogP contribution in [0, 0.1) is 0 Å². The Labute approximate surface area is 184 Å². The maximum Gasteiger partial charge on any atom is 0.410 e. The molecule has 1 saturated heterocycles. The highest BCUT2D eigenvalue weighted by molar-refractivity contribution is 6.30. The molecule has 0 aliphatic carbocycles. The Morgan fingerprint density at radius 3 is 2.47 bits per heavy atom. The molecule has 162 valence electrons. The Kier molecular flexibility index (Phi) is 7.67. The zero-order valence-electron chi connectivity index (χ0n) is 18.1. The lowest BCUT2D eigenvalue weighted by molar-refractivity contribution is 0.0295. The highest BCUT2D eigenvalue weighted by Gasteiger charge is 2.24. The van der Waals surface area contributed by atoms with Crippen LogP contribution in [0.1, 0.15) is 50.4 Å². The van der Waals surface area contributed by atoms with Crippen molar-refractivity contribution in [3.63, 3.8) is 0 Å². The van der Waals surface area contributed by atoms with E-state index in [0.717, 1.165) is 63.2 Å². The van der Waals surface area contributed by atoms with E-state index >= 15 is 0 Å². The van der Waals surface area contributed by atoms with Gasteiger partial charge in [-0.05, 0) is 39.2 Å². The first-order valence-corrected chi connectivity index (χ1v) is 10.9. The Hall–Kier alpha value is -2.18. The maximum absolute atomic E-state index is 11.4. The van der Waals surface area contributed by atoms with E-state index in [0.29, 0.717) is 5.15 Å². The second kappa shape index (κ2) is 10.2. The first-order valence-electron chi connectivity index (χ1n) is 10.5. The molecule has 1 fully saturated rings. The lowest BCUT2D eigenvalue weighted by Gasteiger charge is -2.28. The summed E-state index contributed by atoms with van der Waals surface area (Å²) in [6, 6.07) is 10.5. The number of aromatic nitrogens is 2. The number of hydrogen-bond acceptors (Lipinski definition) is 5. The molecule has 0 atom stereocenters. The molecule has 0 bridgehead atoms. The molecule has 7 heteroatoms. The molecule has 1 aromatic carbocycles. The second-order valence-corrected chi connectivity index (χ2v) is 9.07. The van der Waals surface area contributed by atoms with Gasteiger partial charge in [0.05, 0.1) is 5.69 Å². The molecule has 0 spiro atoms. The van der Waals surface area contributed by atoms with Gasteiger partial charge < -0.3 is 9.64 Å². The molecule has 0 unspecified atom stereocenters. The normalized spacial score (nSPS) is 16.5. The summed E-state index contributed by atoms with van der Waals surface area (Å²) in [4.78, 5) is 23.9. The minimum absolute atomic E-state index is 0.167. The maximum atomic E-state index is 11.4. The molecule has 6 nitrogen and oxygen atoms in total. The fourth-order valence-electron chi connectivity index (χ4n) is 3.57. The molecule has 0 N–H and O–H groups in total. The summed E-state index contributed by atoms with van der Waals surface area (Å²) < 4.78 is 5.21. The molecule has 0 radical (unpaired) electrons. The van der Waals surface area contributed by atoms with Gasteiger partial charge in [0.2, 0.25) is 0 Å². The van der Waals surface area contributed by atoms with Crippen molar-refractivity contribution >= 4 is 17.7 Å². The molecule has 0 saturated carbocycles. The number of ether oxygens (including phenoxy) is 1. The Bertz CT molecular complexity index is 833. The number of hydrogen-bond donors (Lipinski definition) is 0. The van der Waals surface area contributed by atoms with Crippen molar-refractivity contribution in [2.45, 2.75) is 58.7 Å². The van der Waals surface area contributed by atoms with Crippen molar-refractivity contribution in [3.8, 4) is 0 Å². The number of nitrogens with zero attached hydrogens (tertiary/aromatic N) is 4. The van der Waals surface area contributed by atoms with E-state index in [4.69, 9.17) is 16.3 Å². The van der Waals surface area contributed by atoms with Gasteiger partial charge in [-0.25, -0.2) is 14.8 Å². The van der Waals surface area contributed by atoms with Crippen LogP contribution in [-0.2, 0) is 24.2 Å². The van der Waals surface area contributed by atoms with Crippen molar-refractivity contribution < 1.29 is 9.53 Å². The van der Waals surface area contributed by atoms with Crippen LogP contribution in [0.2, 0.25) is 5.15 Å². The smallest absolute Gasteiger partial charge is 0.410 e. The van der Waals surface area contributed by atoms with E-state index in [1.165, 1.54) is 5.56 Å². The molecule has 2 aliphatic heterocycles. The third-order valence-electron chi connectivity index (χ3n) is 5.04. The van der Waals surface area contributed by atoms with Crippen molar-refractivity contribution in [2.75, 3.05) is 19.6 Å². The average molecular weight is 431 g/mol. The number of fused-ring (bicyclic) bond motifs is 1. The SMILES string of the molecule is CC(C)(C)OC(=O)N1CCCC1.Clc1ncnc2c1CN(Cc1ccccc1)CC2. The van der Waals surface area contributed by atoms with E-state index in [9.17, 15) is 4.79 Å². The molecule has 1 amide bonds. The van der Waals surface area contributed by atoms with Gasteiger partial charge in [-0.15, -0.1) is 0 Å². The van der Waals surface area contributed by atoms with Gasteiger partial charge in [-0.3, -0.25) is 4.90 Å². The molecule has 2 aromatic rings. The predicted molar refractivity (Wildman–Crippen MR) is 118 cm³/mol. The summed E-state index contributed by atoms with van der Waals surface area (Å²) in [5, 5.41) is 0.595. The van der Waals surface area contributed by atoms with Gasteiger partial charge in [-0.1, -0.05) is 41.9 Å². The molecular weight excluding hydrogens is 400 g/mol. The lowest BCUT2D eigenvalue weighted by atomic mass is 10.1. The topological polar surface area (TPSA) is 58.6 Å². The third-order valence-corrected chi connectivity index (χ3v) is 5.36. The fraction of sp³-hybridized carbons (Fsp3) is 0.522. The van der Waals surface area contributed by atoms with Gasteiger partial charge in [0.15, 0.2) is 0 Å². The summed E-state index contributed by atoms with van der Waals surface area (Å²) in [7, 11) is 0. The minimum atomic E-state index is -0.361. The largest absolute Gasteiger partial charge is 0.444 e. The van der Waals surface area contributed by atoms with E-state index in [1.54, 1.807) is 11.2 Å². The van der Waals surface area contributed by atoms with Crippen molar-refractivity contribution in [2.24, 2.45) is 0 Å². The van der Waals surface area contributed by atoms with E-state index < -0.39 is 0 Å². The third kappa shape index (κ3) is 6.67. The predicted octanol–water partition coefficient (Wildman–Crippen LogP) is 4.71. The molecular formula is C23H31ClN4O2. The summed E-state index contributed by atoms with van der Waals surface area (Å²) in [6.45, 7) is 10.2. The second-order valence-electron chi connectivity index (χ2n) is 8.71. The number of halogens is 1. The van der Waals surface area contributed by atoms with Crippen LogP contribution in [0.5, 0.6) is 0 Å². The van der Waals surface area contributed by atoms with Crippen molar-refractivity contribution in [1.29, 1.82) is 0 Å². The van der Waals surface area contributed by atoms with Gasteiger partial charge in [-0.2, -0.15) is 0 Å². The standard InChI is InChI=1S/C14H14ClN3.C9H17NO2/c15-14-12-9-18(7-6-13(12)16-10-17-14)8-11-4-2-1-3-5-11;1-9(2,3)12-8(11)10-6-4-5-7-10/h1-5,10H,6-9H2;4-7H2,1-3H3. The lowest BCUT2D eigenvalue weighted by Crippen LogP contribution is -2.34. The molecule has 2 aliphatic rings. The average Bonchev–Trinajstić information content (AvgIpc) is 3.24. The highest BCUT2D eigenvalue weighted by atomic mass is 35.5.